The molecule has 0 saturated heterocycles. The van der Waals surface area contributed by atoms with Crippen LogP contribution in [0.5, 0.6) is 5.75 Å². The molecule has 6 rings (SSSR count). The number of carbonyl (C=O) groups is 2. The second kappa shape index (κ2) is 14.1. The van der Waals surface area contributed by atoms with Crippen molar-refractivity contribution in [1.29, 1.82) is 0 Å². The quantitative estimate of drug-likeness (QED) is 0.0741. The van der Waals surface area contributed by atoms with Gasteiger partial charge in [0.2, 0.25) is 11.7 Å². The van der Waals surface area contributed by atoms with E-state index in [1.807, 2.05) is 39.1 Å². The van der Waals surface area contributed by atoms with E-state index in [9.17, 15) is 14.0 Å². The minimum absolute atomic E-state index is 0.181. The molecule has 3 heterocycles. The van der Waals surface area contributed by atoms with Crippen LogP contribution >= 0.6 is 0 Å². The van der Waals surface area contributed by atoms with Crippen molar-refractivity contribution in [2.75, 3.05) is 57.7 Å². The summed E-state index contributed by atoms with van der Waals surface area (Å²) in [5, 5.41) is 5.08. The van der Waals surface area contributed by atoms with Gasteiger partial charge in [-0.1, -0.05) is 12.1 Å². The molecule has 0 spiro atoms. The minimum Gasteiger partial charge on any atom is -0.496 e. The molecule has 2 aliphatic rings. The van der Waals surface area contributed by atoms with E-state index in [4.69, 9.17) is 14.5 Å². The van der Waals surface area contributed by atoms with Gasteiger partial charge in [-0.3, -0.25) is 14.6 Å². The lowest BCUT2D eigenvalue weighted by atomic mass is 9.94. The van der Waals surface area contributed by atoms with Gasteiger partial charge in [-0.05, 0) is 74.6 Å². The number of benzene rings is 2. The molecule has 262 valence electrons. The zero-order valence-corrected chi connectivity index (χ0v) is 28.8. The maximum Gasteiger partial charge on any atom is 0.248 e. The predicted molar refractivity (Wildman–Crippen MR) is 189 cm³/mol. The van der Waals surface area contributed by atoms with E-state index < -0.39 is 34.7 Å². The Morgan fingerprint density at radius 2 is 1.86 bits per heavy atom. The molecule has 1 aliphatic carbocycles. The second-order valence-electron chi connectivity index (χ2n) is 12.9. The van der Waals surface area contributed by atoms with Crippen molar-refractivity contribution in [3.63, 3.8) is 0 Å². The third-order valence-electron chi connectivity index (χ3n) is 9.09. The Labute approximate surface area is 288 Å². The number of hydrogen-bond donors (Lipinski definition) is 2. The molecule has 12 heteroatoms. The summed E-state index contributed by atoms with van der Waals surface area (Å²) >= 11 is 0. The number of halogens is 3. The first-order valence-electron chi connectivity index (χ1n) is 16.4. The summed E-state index contributed by atoms with van der Waals surface area (Å²) in [5.41, 5.74) is 4.88. The number of fused-ring (bicyclic) bond motifs is 2. The van der Waals surface area contributed by atoms with Crippen LogP contribution in [0.15, 0.2) is 59.7 Å². The Morgan fingerprint density at radius 3 is 2.54 bits per heavy atom. The molecule has 1 aliphatic heterocycles. The largest absolute Gasteiger partial charge is 0.496 e. The third kappa shape index (κ3) is 6.90. The van der Waals surface area contributed by atoms with Gasteiger partial charge in [0.15, 0.2) is 0 Å². The van der Waals surface area contributed by atoms with Crippen molar-refractivity contribution < 1.29 is 32.2 Å². The average molecular weight is 688 g/mol. The number of anilines is 2. The zero-order chi connectivity index (χ0) is 35.7. The van der Waals surface area contributed by atoms with Crippen LogP contribution in [-0.4, -0.2) is 75.0 Å². The Morgan fingerprint density at radius 1 is 1.12 bits per heavy atom. The number of aliphatic imine (C=N–C) groups is 1. The predicted octanol–water partition coefficient (Wildman–Crippen LogP) is 6.75. The second-order valence-corrected chi connectivity index (χ2v) is 12.9. The van der Waals surface area contributed by atoms with Gasteiger partial charge in [-0.2, -0.15) is 0 Å². The number of alkyl halides is 1. The average Bonchev–Trinajstić information content (AvgIpc) is 3.70. The topological polar surface area (TPSA) is 96.7 Å². The van der Waals surface area contributed by atoms with Crippen molar-refractivity contribution >= 4 is 40.0 Å². The number of methoxy groups -OCH3 is 2. The van der Waals surface area contributed by atoms with Gasteiger partial charge in [-0.25, -0.2) is 13.2 Å². The van der Waals surface area contributed by atoms with E-state index >= 15 is 8.78 Å². The summed E-state index contributed by atoms with van der Waals surface area (Å²) in [6.07, 6.45) is 5.91. The lowest BCUT2D eigenvalue weighted by Crippen LogP contribution is -2.25. The number of aromatic nitrogens is 1. The van der Waals surface area contributed by atoms with Crippen LogP contribution in [0.1, 0.15) is 46.9 Å². The normalized spacial score (nSPS) is 15.2. The fourth-order valence-electron chi connectivity index (χ4n) is 6.43. The fraction of sp³-hybridized carbons (Fsp3) is 0.342. The summed E-state index contributed by atoms with van der Waals surface area (Å²) in [6, 6.07) is 9.33. The highest BCUT2D eigenvalue weighted by Gasteiger charge is 2.42. The number of carbonyl (C=O) groups excluding carboxylic acids is 2. The summed E-state index contributed by atoms with van der Waals surface area (Å²) in [6.45, 7) is 5.27. The molecule has 1 fully saturated rings. The molecule has 0 bridgehead atoms. The Bertz CT molecular complexity index is 2030. The number of nitrogens with one attached hydrogen (secondary N) is 2. The van der Waals surface area contributed by atoms with Crippen molar-refractivity contribution in [2.45, 2.75) is 38.8 Å². The van der Waals surface area contributed by atoms with E-state index in [-0.39, 0.29) is 24.3 Å². The molecule has 2 N–H and O–H groups in total. The highest BCUT2D eigenvalue weighted by atomic mass is 19.1. The molecular formula is C38H40F3N5O4. The fourth-order valence-corrected chi connectivity index (χ4v) is 6.43. The third-order valence-corrected chi connectivity index (χ3v) is 9.09. The van der Waals surface area contributed by atoms with Crippen molar-refractivity contribution in [2.24, 2.45) is 4.99 Å². The number of likely N-dealkylation sites (N-methyl/N-ethyl adjacent to an activating group) is 1. The molecular weight excluding hydrogens is 647 g/mol. The van der Waals surface area contributed by atoms with Gasteiger partial charge < -0.3 is 29.4 Å². The van der Waals surface area contributed by atoms with Crippen LogP contribution in [-0.2, 0) is 16.0 Å². The number of amides is 1. The van der Waals surface area contributed by atoms with E-state index in [0.29, 0.717) is 38.2 Å². The Balaban J connectivity index is 1.34. The Hall–Kier alpha value is -4.94. The molecule has 0 unspecified atom stereocenters. The van der Waals surface area contributed by atoms with E-state index in [0.717, 1.165) is 63.1 Å². The molecule has 2 aromatic heterocycles. The van der Waals surface area contributed by atoms with Crippen LogP contribution in [0, 0.1) is 18.6 Å². The van der Waals surface area contributed by atoms with Crippen LogP contribution in [0.25, 0.3) is 16.6 Å². The molecule has 0 radical (unpaired) electrons. The van der Waals surface area contributed by atoms with Gasteiger partial charge in [-0.15, -0.1) is 0 Å². The molecule has 4 aromatic rings. The van der Waals surface area contributed by atoms with Gasteiger partial charge in [0, 0.05) is 62.9 Å². The number of rotatable bonds is 12. The first-order chi connectivity index (χ1) is 23.9. The van der Waals surface area contributed by atoms with Crippen LogP contribution in [0.4, 0.5) is 30.2 Å². The van der Waals surface area contributed by atoms with Gasteiger partial charge in [0.1, 0.15) is 28.7 Å². The number of aryl methyl sites for hydroxylation is 1. The van der Waals surface area contributed by atoms with Crippen molar-refractivity contribution in [1.82, 2.24) is 9.72 Å². The van der Waals surface area contributed by atoms with E-state index in [2.05, 4.69) is 15.5 Å². The lowest BCUT2D eigenvalue weighted by Gasteiger charge is -2.29. The van der Waals surface area contributed by atoms with E-state index in [1.54, 1.807) is 30.9 Å². The van der Waals surface area contributed by atoms with Crippen LogP contribution in [0.3, 0.4) is 0 Å². The SMILES string of the molecule is COCC(C)=Nc1c(C)cc(OC)c2c1N(C)CCc1cc(C(=O)c3cc(F)c(NC(=O)/C=C/CNCC4(F)CC4)c(F)c3)n3cccc-2c13. The number of nitrogens with zero attached hydrogens (tertiary/aromatic N) is 3. The standard InChI is InChI=1S/C38H40F3N5O4/c1-22-16-30(50-5)32-26-8-7-14-46-29(19-24(35(26)46)10-15-45(3)36(32)33(22)43-23(2)20-49-4)37(48)25-17-27(39)34(28(40)18-25)44-31(47)9-6-13-42-21-38(41)11-12-38/h6-9,14,16-19,42H,10-13,15,20-21H2,1-5H3,(H,44,47)/b9-6+,43-23?. The molecule has 1 amide bonds. The van der Waals surface area contributed by atoms with Gasteiger partial charge >= 0.3 is 0 Å². The lowest BCUT2D eigenvalue weighted by molar-refractivity contribution is -0.112. The molecule has 9 nitrogen and oxygen atoms in total. The minimum atomic E-state index is -1.18. The molecule has 1 saturated carbocycles. The zero-order valence-electron chi connectivity index (χ0n) is 28.8. The van der Waals surface area contributed by atoms with Crippen LogP contribution < -0.4 is 20.3 Å². The maximum absolute atomic E-state index is 15.3. The molecule has 2 aromatic carbocycles. The number of ether oxygens (including phenoxy) is 2. The van der Waals surface area contributed by atoms with Crippen molar-refractivity contribution in [3.8, 4) is 16.9 Å². The van der Waals surface area contributed by atoms with Crippen LogP contribution in [0.2, 0.25) is 0 Å². The number of ketones is 1. The highest BCUT2D eigenvalue weighted by Crippen LogP contribution is 2.49. The molecule has 50 heavy (non-hydrogen) atoms. The summed E-state index contributed by atoms with van der Waals surface area (Å²) in [7, 11) is 5.23. The van der Waals surface area contributed by atoms with Crippen molar-refractivity contribution in [3.05, 3.63) is 88.8 Å². The maximum atomic E-state index is 15.3. The highest BCUT2D eigenvalue weighted by molar-refractivity contribution is 6.11. The summed E-state index contributed by atoms with van der Waals surface area (Å²) < 4.78 is 57.2. The summed E-state index contributed by atoms with van der Waals surface area (Å²) in [5.74, 6) is -2.89. The van der Waals surface area contributed by atoms with E-state index in [1.165, 1.54) is 6.08 Å². The first kappa shape index (κ1) is 34.9. The summed E-state index contributed by atoms with van der Waals surface area (Å²) in [4.78, 5) is 33.4. The Kier molecular flexibility index (Phi) is 9.86. The first-order valence-corrected chi connectivity index (χ1v) is 16.4. The number of hydrogen-bond acceptors (Lipinski definition) is 7. The van der Waals surface area contributed by atoms with Gasteiger partial charge in [0.25, 0.3) is 0 Å². The molecule has 0 atom stereocenters. The number of pyridine rings is 1. The smallest absolute Gasteiger partial charge is 0.248 e. The van der Waals surface area contributed by atoms with Gasteiger partial charge in [0.05, 0.1) is 41.9 Å². The monoisotopic (exact) mass is 687 g/mol.